The number of alkyl halides is 3. The predicted molar refractivity (Wildman–Crippen MR) is 54.7 cm³/mol. The fourth-order valence-electron chi connectivity index (χ4n) is 0.940. The zero-order valence-electron chi connectivity index (χ0n) is 8.14. The van der Waals surface area contributed by atoms with E-state index in [1.165, 1.54) is 11.8 Å². The molecule has 0 amide bonds. The first kappa shape index (κ1) is 12.2. The summed E-state index contributed by atoms with van der Waals surface area (Å²) in [6, 6.07) is 0.996. The van der Waals surface area contributed by atoms with Gasteiger partial charge >= 0.3 is 6.18 Å². The second kappa shape index (κ2) is 4.74. The normalized spacial score (nSPS) is 11.7. The van der Waals surface area contributed by atoms with Crippen LogP contribution in [0.25, 0.3) is 0 Å². The van der Waals surface area contributed by atoms with Crippen molar-refractivity contribution in [3.8, 4) is 0 Å². The lowest BCUT2D eigenvalue weighted by Gasteiger charge is -2.09. The Kier molecular flexibility index (Phi) is 3.84. The van der Waals surface area contributed by atoms with Gasteiger partial charge in [-0.05, 0) is 18.2 Å². The van der Waals surface area contributed by atoms with Crippen LogP contribution in [0.5, 0.6) is 0 Å². The van der Waals surface area contributed by atoms with Crippen LogP contribution in [0.3, 0.4) is 0 Å². The number of hydrogen-bond acceptors (Lipinski definition) is 3. The van der Waals surface area contributed by atoms with Gasteiger partial charge in [0.05, 0.1) is 11.9 Å². The molecule has 1 aromatic rings. The fraction of sp³-hybridized carbons (Fsp3) is 0.444. The summed E-state index contributed by atoms with van der Waals surface area (Å²) in [7, 11) is 0. The quantitative estimate of drug-likeness (QED) is 0.819. The minimum absolute atomic E-state index is 0.293. The van der Waals surface area contributed by atoms with Crippen LogP contribution in [-0.4, -0.2) is 10.7 Å². The van der Waals surface area contributed by atoms with Crippen molar-refractivity contribution in [2.75, 3.05) is 11.5 Å². The summed E-state index contributed by atoms with van der Waals surface area (Å²) >= 11 is 1.31. The molecule has 0 spiro atoms. The molecule has 1 aromatic heterocycles. The Balaban J connectivity index is 2.95. The van der Waals surface area contributed by atoms with Gasteiger partial charge < -0.3 is 5.73 Å². The lowest BCUT2D eigenvalue weighted by atomic mass is 10.3. The zero-order valence-corrected chi connectivity index (χ0v) is 8.95. The Labute approximate surface area is 90.1 Å². The molecule has 15 heavy (non-hydrogen) atoms. The molecule has 0 aromatic carbocycles. The molecule has 0 bridgehead atoms. The van der Waals surface area contributed by atoms with E-state index in [4.69, 9.17) is 5.73 Å². The van der Waals surface area contributed by atoms with E-state index in [0.717, 1.165) is 24.4 Å². The molecule has 0 saturated carbocycles. The van der Waals surface area contributed by atoms with Crippen LogP contribution in [0.15, 0.2) is 17.2 Å². The molecule has 2 nitrogen and oxygen atoms in total. The Bertz CT molecular complexity index is 339. The van der Waals surface area contributed by atoms with Crippen LogP contribution in [0.2, 0.25) is 0 Å². The molecule has 0 aliphatic carbocycles. The highest BCUT2D eigenvalue weighted by molar-refractivity contribution is 7.99. The average molecular weight is 236 g/mol. The van der Waals surface area contributed by atoms with E-state index in [1.54, 1.807) is 0 Å². The smallest absolute Gasteiger partial charge is 0.397 e. The van der Waals surface area contributed by atoms with E-state index in [1.807, 2.05) is 6.92 Å². The molecular weight excluding hydrogens is 225 g/mol. The number of halogens is 3. The number of hydrogen-bond donors (Lipinski definition) is 1. The summed E-state index contributed by atoms with van der Waals surface area (Å²) in [6.45, 7) is 1.95. The maximum Gasteiger partial charge on any atom is 0.433 e. The number of pyridine rings is 1. The molecule has 0 radical (unpaired) electrons. The van der Waals surface area contributed by atoms with Crippen molar-refractivity contribution in [2.45, 2.75) is 24.4 Å². The van der Waals surface area contributed by atoms with E-state index in [9.17, 15) is 13.2 Å². The third kappa shape index (κ3) is 3.30. The van der Waals surface area contributed by atoms with Crippen molar-refractivity contribution >= 4 is 17.4 Å². The van der Waals surface area contributed by atoms with Gasteiger partial charge in [-0.3, -0.25) is 0 Å². The van der Waals surface area contributed by atoms with Gasteiger partial charge in [-0.2, -0.15) is 13.2 Å². The van der Waals surface area contributed by atoms with Crippen molar-refractivity contribution in [1.29, 1.82) is 0 Å². The highest BCUT2D eigenvalue weighted by atomic mass is 32.2. The molecule has 2 N–H and O–H groups in total. The van der Waals surface area contributed by atoms with E-state index in [2.05, 4.69) is 4.98 Å². The number of nitrogens with zero attached hydrogens (tertiary/aromatic N) is 1. The number of aromatic nitrogens is 1. The predicted octanol–water partition coefficient (Wildman–Crippen LogP) is 3.18. The van der Waals surface area contributed by atoms with Crippen LogP contribution in [-0.2, 0) is 6.18 Å². The van der Waals surface area contributed by atoms with E-state index >= 15 is 0 Å². The summed E-state index contributed by atoms with van der Waals surface area (Å²) in [6.07, 6.45) is -2.47. The molecule has 84 valence electrons. The Morgan fingerprint density at radius 3 is 2.67 bits per heavy atom. The number of anilines is 1. The molecule has 1 rings (SSSR count). The van der Waals surface area contributed by atoms with Gasteiger partial charge in [-0.15, -0.1) is 11.8 Å². The van der Waals surface area contributed by atoms with Gasteiger partial charge in [0.2, 0.25) is 0 Å². The number of nitrogens with two attached hydrogens (primary N) is 1. The molecular formula is C9H11F3N2S. The highest BCUT2D eigenvalue weighted by Gasteiger charge is 2.32. The third-order valence-electron chi connectivity index (χ3n) is 1.65. The number of rotatable bonds is 3. The van der Waals surface area contributed by atoms with Crippen LogP contribution in [0.4, 0.5) is 18.9 Å². The van der Waals surface area contributed by atoms with Gasteiger partial charge in [-0.25, -0.2) is 4.98 Å². The Morgan fingerprint density at radius 2 is 2.13 bits per heavy atom. The molecule has 6 heteroatoms. The van der Waals surface area contributed by atoms with Crippen LogP contribution in [0, 0.1) is 0 Å². The van der Waals surface area contributed by atoms with Crippen molar-refractivity contribution in [1.82, 2.24) is 4.98 Å². The lowest BCUT2D eigenvalue weighted by Crippen LogP contribution is -2.08. The van der Waals surface area contributed by atoms with E-state index < -0.39 is 11.9 Å². The average Bonchev–Trinajstić information content (AvgIpc) is 2.15. The first-order valence-corrected chi connectivity index (χ1v) is 5.39. The SMILES string of the molecule is CCCSc1cc(C(F)(F)F)ncc1N. The Morgan fingerprint density at radius 1 is 1.47 bits per heavy atom. The monoisotopic (exact) mass is 236 g/mol. The minimum Gasteiger partial charge on any atom is -0.397 e. The zero-order chi connectivity index (χ0) is 11.5. The molecule has 0 atom stereocenters. The molecule has 0 unspecified atom stereocenters. The summed E-state index contributed by atoms with van der Waals surface area (Å²) in [5.74, 6) is 0.742. The summed E-state index contributed by atoms with van der Waals surface area (Å²) < 4.78 is 36.9. The summed E-state index contributed by atoms with van der Waals surface area (Å²) in [4.78, 5) is 3.70. The van der Waals surface area contributed by atoms with E-state index in [-0.39, 0.29) is 0 Å². The number of thioether (sulfide) groups is 1. The van der Waals surface area contributed by atoms with Crippen molar-refractivity contribution < 1.29 is 13.2 Å². The van der Waals surface area contributed by atoms with Gasteiger partial charge in [-0.1, -0.05) is 6.92 Å². The van der Waals surface area contributed by atoms with Gasteiger partial charge in [0.25, 0.3) is 0 Å². The molecule has 0 aliphatic heterocycles. The Hall–Kier alpha value is -0.910. The van der Waals surface area contributed by atoms with Gasteiger partial charge in [0, 0.05) is 4.90 Å². The summed E-state index contributed by atoms with van der Waals surface area (Å²) in [5.41, 5.74) is 4.92. The lowest BCUT2D eigenvalue weighted by molar-refractivity contribution is -0.141. The first-order chi connectivity index (χ1) is 6.95. The molecule has 0 aliphatic rings. The van der Waals surface area contributed by atoms with Crippen LogP contribution in [0.1, 0.15) is 19.0 Å². The van der Waals surface area contributed by atoms with Crippen LogP contribution >= 0.6 is 11.8 Å². The number of nitrogen functional groups attached to an aromatic ring is 1. The minimum atomic E-state index is -4.41. The third-order valence-corrected chi connectivity index (χ3v) is 2.92. The maximum absolute atomic E-state index is 12.3. The molecule has 1 heterocycles. The fourth-order valence-corrected chi connectivity index (χ4v) is 1.78. The van der Waals surface area contributed by atoms with Gasteiger partial charge in [0.1, 0.15) is 5.69 Å². The van der Waals surface area contributed by atoms with Gasteiger partial charge in [0.15, 0.2) is 0 Å². The summed E-state index contributed by atoms with van der Waals surface area (Å²) in [5, 5.41) is 0. The standard InChI is InChI=1S/C9H11F3N2S/c1-2-3-15-7-4-8(9(10,11)12)14-5-6(7)13/h4-5H,2-3,13H2,1H3. The maximum atomic E-state index is 12.3. The highest BCUT2D eigenvalue weighted by Crippen LogP contribution is 2.32. The van der Waals surface area contributed by atoms with Crippen molar-refractivity contribution in [3.63, 3.8) is 0 Å². The first-order valence-electron chi connectivity index (χ1n) is 4.40. The topological polar surface area (TPSA) is 38.9 Å². The van der Waals surface area contributed by atoms with Crippen molar-refractivity contribution in [3.05, 3.63) is 18.0 Å². The molecule has 0 fully saturated rings. The largest absolute Gasteiger partial charge is 0.433 e. The second-order valence-corrected chi connectivity index (χ2v) is 4.09. The van der Waals surface area contributed by atoms with Crippen molar-refractivity contribution in [2.24, 2.45) is 0 Å². The van der Waals surface area contributed by atoms with Crippen LogP contribution < -0.4 is 5.73 Å². The molecule has 0 saturated heterocycles. The van der Waals surface area contributed by atoms with E-state index in [0.29, 0.717) is 10.6 Å². The second-order valence-electron chi connectivity index (χ2n) is 2.95.